The Morgan fingerprint density at radius 1 is 1.26 bits per heavy atom. The van der Waals surface area contributed by atoms with Gasteiger partial charge < -0.3 is 0 Å². The maximum atomic E-state index is 12.8. The van der Waals surface area contributed by atoms with Gasteiger partial charge in [0.2, 0.25) is 0 Å². The molecule has 0 spiro atoms. The highest BCUT2D eigenvalue weighted by Crippen LogP contribution is 2.45. The molecule has 0 aromatic heterocycles. The Labute approximate surface area is 125 Å². The number of hydrogen-bond donors (Lipinski definition) is 0. The number of halogens is 2. The summed E-state index contributed by atoms with van der Waals surface area (Å²) >= 11 is 11.9. The van der Waals surface area contributed by atoms with Crippen LogP contribution in [0.1, 0.15) is 50.4 Å². The quantitative estimate of drug-likeness (QED) is 0.646. The van der Waals surface area contributed by atoms with Gasteiger partial charge in [-0.05, 0) is 42.4 Å². The fourth-order valence-corrected chi connectivity index (χ4v) is 3.71. The second-order valence-corrected chi connectivity index (χ2v) is 7.14. The lowest BCUT2D eigenvalue weighted by molar-refractivity contribution is 0.0539. The third-order valence-electron chi connectivity index (χ3n) is 4.38. The van der Waals surface area contributed by atoms with Gasteiger partial charge in [-0.15, -0.1) is 0 Å². The van der Waals surface area contributed by atoms with E-state index in [1.54, 1.807) is 18.2 Å². The number of Topliss-reactive ketones (excluding diaryl/α,β-unsaturated/α-hetero) is 1. The molecule has 1 aromatic carbocycles. The number of carbonyl (C=O) groups is 1. The van der Waals surface area contributed by atoms with Crippen LogP contribution in [0, 0.1) is 17.3 Å². The van der Waals surface area contributed by atoms with E-state index in [-0.39, 0.29) is 17.1 Å². The zero-order valence-electron chi connectivity index (χ0n) is 11.7. The molecule has 0 amide bonds. The number of hydrogen-bond acceptors (Lipinski definition) is 1. The maximum absolute atomic E-state index is 12.8. The van der Waals surface area contributed by atoms with E-state index < -0.39 is 0 Å². The SMILES string of the molecule is C[C@H]1CCCC(C)(C)[C@@H]1C(=O)c1ccc(Cl)c(Cl)c1. The predicted octanol–water partition coefficient (Wildman–Crippen LogP) is 5.64. The predicted molar refractivity (Wildman–Crippen MR) is 81.1 cm³/mol. The average molecular weight is 299 g/mol. The van der Waals surface area contributed by atoms with Crippen LogP contribution in [0.5, 0.6) is 0 Å². The summed E-state index contributed by atoms with van der Waals surface area (Å²) < 4.78 is 0. The van der Waals surface area contributed by atoms with E-state index in [0.717, 1.165) is 12.8 Å². The minimum atomic E-state index is 0.0564. The highest BCUT2D eigenvalue weighted by atomic mass is 35.5. The van der Waals surface area contributed by atoms with Crippen molar-refractivity contribution in [2.45, 2.75) is 40.0 Å². The molecule has 0 aliphatic heterocycles. The summed E-state index contributed by atoms with van der Waals surface area (Å²) in [7, 11) is 0. The zero-order valence-corrected chi connectivity index (χ0v) is 13.2. The van der Waals surface area contributed by atoms with Gasteiger partial charge >= 0.3 is 0 Å². The first-order valence-corrected chi connectivity index (χ1v) is 7.58. The third-order valence-corrected chi connectivity index (χ3v) is 5.12. The smallest absolute Gasteiger partial charge is 0.166 e. The first-order valence-electron chi connectivity index (χ1n) is 6.82. The Hall–Kier alpha value is -0.530. The topological polar surface area (TPSA) is 17.1 Å². The lowest BCUT2D eigenvalue weighted by Crippen LogP contribution is -2.39. The Morgan fingerprint density at radius 2 is 1.95 bits per heavy atom. The second kappa shape index (κ2) is 5.46. The van der Waals surface area contributed by atoms with Crippen molar-refractivity contribution in [3.63, 3.8) is 0 Å². The average Bonchev–Trinajstić information content (AvgIpc) is 2.31. The van der Waals surface area contributed by atoms with Crippen LogP contribution in [0.25, 0.3) is 0 Å². The Bertz CT molecular complexity index is 494. The van der Waals surface area contributed by atoms with Crippen LogP contribution in [0.4, 0.5) is 0 Å². The van der Waals surface area contributed by atoms with Gasteiger partial charge in [0.25, 0.3) is 0 Å². The van der Waals surface area contributed by atoms with Crippen molar-refractivity contribution in [1.82, 2.24) is 0 Å². The summed E-state index contributed by atoms with van der Waals surface area (Å²) in [4.78, 5) is 12.8. The lowest BCUT2D eigenvalue weighted by atomic mass is 9.62. The first kappa shape index (κ1) is 14.9. The van der Waals surface area contributed by atoms with Gasteiger partial charge in [0, 0.05) is 11.5 Å². The molecule has 1 fully saturated rings. The summed E-state index contributed by atoms with van der Waals surface area (Å²) in [6, 6.07) is 5.19. The zero-order chi connectivity index (χ0) is 14.2. The van der Waals surface area contributed by atoms with E-state index in [1.807, 2.05) is 0 Å². The highest BCUT2D eigenvalue weighted by molar-refractivity contribution is 6.42. The molecule has 0 saturated heterocycles. The Kier molecular flexibility index (Phi) is 4.27. The van der Waals surface area contributed by atoms with Gasteiger partial charge in [-0.3, -0.25) is 4.79 Å². The van der Waals surface area contributed by atoms with Crippen molar-refractivity contribution in [3.05, 3.63) is 33.8 Å². The van der Waals surface area contributed by atoms with Gasteiger partial charge in [-0.25, -0.2) is 0 Å². The molecule has 2 atom stereocenters. The fraction of sp³-hybridized carbons (Fsp3) is 0.562. The molecule has 0 unspecified atom stereocenters. The van der Waals surface area contributed by atoms with Crippen LogP contribution in [-0.2, 0) is 0 Å². The van der Waals surface area contributed by atoms with E-state index in [9.17, 15) is 4.79 Å². The van der Waals surface area contributed by atoms with Crippen molar-refractivity contribution in [1.29, 1.82) is 0 Å². The van der Waals surface area contributed by atoms with E-state index in [2.05, 4.69) is 20.8 Å². The lowest BCUT2D eigenvalue weighted by Gasteiger charge is -2.42. The Morgan fingerprint density at radius 3 is 2.53 bits per heavy atom. The number of rotatable bonds is 2. The minimum Gasteiger partial charge on any atom is -0.294 e. The fourth-order valence-electron chi connectivity index (χ4n) is 3.41. The van der Waals surface area contributed by atoms with Gasteiger partial charge in [-0.2, -0.15) is 0 Å². The van der Waals surface area contributed by atoms with E-state index in [1.165, 1.54) is 6.42 Å². The molecule has 1 aliphatic rings. The van der Waals surface area contributed by atoms with Gasteiger partial charge in [0.05, 0.1) is 10.0 Å². The van der Waals surface area contributed by atoms with Crippen LogP contribution in [-0.4, -0.2) is 5.78 Å². The summed E-state index contributed by atoms with van der Waals surface area (Å²) in [5.74, 6) is 0.694. The summed E-state index contributed by atoms with van der Waals surface area (Å²) in [6.45, 7) is 6.58. The molecule has 3 heteroatoms. The Balaban J connectivity index is 2.33. The summed E-state index contributed by atoms with van der Waals surface area (Å²) in [5.41, 5.74) is 0.738. The maximum Gasteiger partial charge on any atom is 0.166 e. The van der Waals surface area contributed by atoms with Crippen molar-refractivity contribution < 1.29 is 4.79 Å². The molecule has 0 bridgehead atoms. The van der Waals surface area contributed by atoms with Crippen LogP contribution in [0.3, 0.4) is 0 Å². The molecule has 1 saturated carbocycles. The van der Waals surface area contributed by atoms with Crippen molar-refractivity contribution >= 4 is 29.0 Å². The van der Waals surface area contributed by atoms with Crippen molar-refractivity contribution in [2.75, 3.05) is 0 Å². The van der Waals surface area contributed by atoms with Gasteiger partial charge in [0.1, 0.15) is 0 Å². The largest absolute Gasteiger partial charge is 0.294 e. The third kappa shape index (κ3) is 2.98. The van der Waals surface area contributed by atoms with Gasteiger partial charge in [0.15, 0.2) is 5.78 Å². The molecule has 1 aromatic rings. The molecule has 104 valence electrons. The summed E-state index contributed by atoms with van der Waals surface area (Å²) in [5, 5.41) is 0.947. The number of ketones is 1. The van der Waals surface area contributed by atoms with Crippen LogP contribution >= 0.6 is 23.2 Å². The van der Waals surface area contributed by atoms with Crippen LogP contribution in [0.2, 0.25) is 10.0 Å². The molecule has 0 heterocycles. The normalized spacial score (nSPS) is 26.2. The molecule has 1 aliphatic carbocycles. The second-order valence-electron chi connectivity index (χ2n) is 6.33. The van der Waals surface area contributed by atoms with Gasteiger partial charge in [-0.1, -0.05) is 50.4 Å². The van der Waals surface area contributed by atoms with E-state index in [4.69, 9.17) is 23.2 Å². The van der Waals surface area contributed by atoms with Crippen LogP contribution < -0.4 is 0 Å². The molecule has 19 heavy (non-hydrogen) atoms. The molecule has 0 radical (unpaired) electrons. The standard InChI is InChI=1S/C16H20Cl2O/c1-10-5-4-8-16(2,3)14(10)15(19)11-6-7-12(17)13(18)9-11/h6-7,9-10,14H,4-5,8H2,1-3H3/t10-,14-/m0/s1. The van der Waals surface area contributed by atoms with E-state index >= 15 is 0 Å². The number of carbonyl (C=O) groups excluding carboxylic acids is 1. The molecular weight excluding hydrogens is 279 g/mol. The molecular formula is C16H20Cl2O. The molecule has 0 N–H and O–H groups in total. The van der Waals surface area contributed by atoms with Crippen molar-refractivity contribution in [2.24, 2.45) is 17.3 Å². The van der Waals surface area contributed by atoms with Crippen molar-refractivity contribution in [3.8, 4) is 0 Å². The van der Waals surface area contributed by atoms with E-state index in [0.29, 0.717) is 21.5 Å². The molecule has 2 rings (SSSR count). The number of benzene rings is 1. The molecule has 1 nitrogen and oxygen atoms in total. The highest BCUT2D eigenvalue weighted by Gasteiger charge is 2.41. The van der Waals surface area contributed by atoms with Crippen LogP contribution in [0.15, 0.2) is 18.2 Å². The monoisotopic (exact) mass is 298 g/mol. The minimum absolute atomic E-state index is 0.0564. The first-order chi connectivity index (χ1) is 8.83. The summed E-state index contributed by atoms with van der Waals surface area (Å²) in [6.07, 6.45) is 3.44.